The van der Waals surface area contributed by atoms with Crippen molar-refractivity contribution in [3.05, 3.63) is 77.8 Å². The third kappa shape index (κ3) is 3.80. The standard InChI is InChI=1S/C23H17N5O2S/c1-13-12-17(22-27-19-4-3-11-24-23(19)31-22)9-10-18(13)26-21(29)16-7-5-15(6-8-16)20-25-14(2)30-28-20/h3-12H,1-2H3,(H,26,29). The Hall–Kier alpha value is -3.91. The van der Waals surface area contributed by atoms with Crippen molar-refractivity contribution in [3.8, 4) is 22.0 Å². The Morgan fingerprint density at radius 2 is 1.81 bits per heavy atom. The van der Waals surface area contributed by atoms with E-state index >= 15 is 0 Å². The number of hydrogen-bond acceptors (Lipinski definition) is 7. The number of hydrogen-bond donors (Lipinski definition) is 1. The molecular weight excluding hydrogens is 410 g/mol. The molecule has 0 unspecified atom stereocenters. The number of aryl methyl sites for hydroxylation is 2. The summed E-state index contributed by atoms with van der Waals surface area (Å²) in [5.41, 5.74) is 4.93. The third-order valence-electron chi connectivity index (χ3n) is 4.82. The molecular formula is C23H17N5O2S. The molecule has 8 heteroatoms. The molecule has 0 radical (unpaired) electrons. The lowest BCUT2D eigenvalue weighted by Gasteiger charge is -2.10. The van der Waals surface area contributed by atoms with E-state index in [-0.39, 0.29) is 5.91 Å². The van der Waals surface area contributed by atoms with Gasteiger partial charge in [0.1, 0.15) is 15.4 Å². The zero-order valence-corrected chi connectivity index (χ0v) is 17.6. The monoisotopic (exact) mass is 427 g/mol. The summed E-state index contributed by atoms with van der Waals surface area (Å²) in [6, 6.07) is 16.8. The van der Waals surface area contributed by atoms with Crippen LogP contribution >= 0.6 is 11.3 Å². The smallest absolute Gasteiger partial charge is 0.255 e. The quantitative estimate of drug-likeness (QED) is 0.419. The van der Waals surface area contributed by atoms with Gasteiger partial charge in [-0.3, -0.25) is 4.79 Å². The molecule has 2 aromatic carbocycles. The van der Waals surface area contributed by atoms with E-state index in [0.717, 1.165) is 37.7 Å². The molecule has 1 N–H and O–H groups in total. The Balaban J connectivity index is 1.34. The maximum atomic E-state index is 12.7. The number of benzene rings is 2. The summed E-state index contributed by atoms with van der Waals surface area (Å²) in [4.78, 5) is 26.8. The highest BCUT2D eigenvalue weighted by molar-refractivity contribution is 7.21. The highest BCUT2D eigenvalue weighted by Crippen LogP contribution is 2.31. The van der Waals surface area contributed by atoms with Crippen LogP contribution in [0.1, 0.15) is 21.8 Å². The maximum absolute atomic E-state index is 12.7. The van der Waals surface area contributed by atoms with E-state index in [4.69, 9.17) is 4.52 Å². The van der Waals surface area contributed by atoms with E-state index in [9.17, 15) is 4.79 Å². The van der Waals surface area contributed by atoms with E-state index < -0.39 is 0 Å². The predicted molar refractivity (Wildman–Crippen MR) is 120 cm³/mol. The fraction of sp³-hybridized carbons (Fsp3) is 0.0870. The van der Waals surface area contributed by atoms with Crippen molar-refractivity contribution in [3.63, 3.8) is 0 Å². The number of carbonyl (C=O) groups excluding carboxylic acids is 1. The van der Waals surface area contributed by atoms with Crippen molar-refractivity contribution >= 4 is 33.3 Å². The minimum atomic E-state index is -0.184. The normalized spacial score (nSPS) is 11.0. The van der Waals surface area contributed by atoms with Crippen LogP contribution < -0.4 is 5.32 Å². The lowest BCUT2D eigenvalue weighted by atomic mass is 10.1. The van der Waals surface area contributed by atoms with Gasteiger partial charge in [-0.05, 0) is 55.0 Å². The van der Waals surface area contributed by atoms with Crippen molar-refractivity contribution in [2.24, 2.45) is 0 Å². The molecule has 5 aromatic rings. The first-order valence-electron chi connectivity index (χ1n) is 9.61. The van der Waals surface area contributed by atoms with Crippen LogP contribution in [0.25, 0.3) is 32.3 Å². The summed E-state index contributed by atoms with van der Waals surface area (Å²) in [6.45, 7) is 3.70. The van der Waals surface area contributed by atoms with Gasteiger partial charge in [-0.15, -0.1) is 0 Å². The average Bonchev–Trinajstić information content (AvgIpc) is 3.41. The van der Waals surface area contributed by atoms with Crippen LogP contribution in [-0.4, -0.2) is 26.0 Å². The number of amides is 1. The van der Waals surface area contributed by atoms with Crippen LogP contribution in [0.5, 0.6) is 0 Å². The highest BCUT2D eigenvalue weighted by Gasteiger charge is 2.12. The fourth-order valence-corrected chi connectivity index (χ4v) is 4.12. The molecule has 0 spiro atoms. The molecule has 0 bridgehead atoms. The topological polar surface area (TPSA) is 93.8 Å². The number of nitrogens with one attached hydrogen (secondary N) is 1. The van der Waals surface area contributed by atoms with Crippen LogP contribution in [0.15, 0.2) is 65.3 Å². The van der Waals surface area contributed by atoms with Gasteiger partial charge >= 0.3 is 0 Å². The number of carbonyl (C=O) groups is 1. The largest absolute Gasteiger partial charge is 0.339 e. The Morgan fingerprint density at radius 1 is 1.00 bits per heavy atom. The van der Waals surface area contributed by atoms with Crippen LogP contribution in [0.3, 0.4) is 0 Å². The van der Waals surface area contributed by atoms with E-state index in [0.29, 0.717) is 17.3 Å². The molecule has 31 heavy (non-hydrogen) atoms. The molecule has 3 aromatic heterocycles. The van der Waals surface area contributed by atoms with E-state index in [1.807, 2.05) is 37.3 Å². The third-order valence-corrected chi connectivity index (χ3v) is 5.85. The van der Waals surface area contributed by atoms with Crippen molar-refractivity contribution in [1.82, 2.24) is 20.1 Å². The summed E-state index contributed by atoms with van der Waals surface area (Å²) in [6.07, 6.45) is 1.77. The van der Waals surface area contributed by atoms with Crippen LogP contribution in [0.2, 0.25) is 0 Å². The summed E-state index contributed by atoms with van der Waals surface area (Å²) < 4.78 is 5.00. The predicted octanol–water partition coefficient (Wildman–Crippen LogP) is 5.28. The Bertz CT molecular complexity index is 1370. The molecule has 0 aliphatic heterocycles. The summed E-state index contributed by atoms with van der Waals surface area (Å²) in [5.74, 6) is 0.815. The Kier molecular flexibility index (Phi) is 4.76. The van der Waals surface area contributed by atoms with Gasteiger partial charge in [-0.25, -0.2) is 9.97 Å². The summed E-state index contributed by atoms with van der Waals surface area (Å²) >= 11 is 1.55. The molecule has 0 atom stereocenters. The second-order valence-corrected chi connectivity index (χ2v) is 8.02. The minimum absolute atomic E-state index is 0.184. The number of aromatic nitrogens is 4. The van der Waals surface area contributed by atoms with Crippen molar-refractivity contribution in [2.45, 2.75) is 13.8 Å². The number of thiazole rings is 1. The molecule has 1 amide bonds. The van der Waals surface area contributed by atoms with Crippen LogP contribution in [0, 0.1) is 13.8 Å². The van der Waals surface area contributed by atoms with Gasteiger partial charge in [0.15, 0.2) is 0 Å². The first-order chi connectivity index (χ1) is 15.1. The Morgan fingerprint density at radius 3 is 2.52 bits per heavy atom. The number of anilines is 1. The van der Waals surface area contributed by atoms with Gasteiger partial charge in [-0.2, -0.15) is 4.98 Å². The highest BCUT2D eigenvalue weighted by atomic mass is 32.1. The van der Waals surface area contributed by atoms with Crippen LogP contribution in [-0.2, 0) is 0 Å². The Labute approximate surface area is 181 Å². The number of nitrogens with zero attached hydrogens (tertiary/aromatic N) is 4. The number of rotatable bonds is 4. The SMILES string of the molecule is Cc1nc(-c2ccc(C(=O)Nc3ccc(-c4nc5cccnc5s4)cc3C)cc2)no1. The van der Waals surface area contributed by atoms with Crippen LogP contribution in [0.4, 0.5) is 5.69 Å². The van der Waals surface area contributed by atoms with Crippen molar-refractivity contribution in [1.29, 1.82) is 0 Å². The molecule has 0 aliphatic rings. The van der Waals surface area contributed by atoms with Gasteiger partial charge < -0.3 is 9.84 Å². The van der Waals surface area contributed by atoms with E-state index in [1.165, 1.54) is 0 Å². The molecule has 0 fully saturated rings. The van der Waals surface area contributed by atoms with E-state index in [2.05, 4.69) is 25.4 Å². The van der Waals surface area contributed by atoms with Gasteiger partial charge in [0.05, 0.1) is 0 Å². The van der Waals surface area contributed by atoms with Gasteiger partial charge in [0, 0.05) is 35.5 Å². The molecule has 0 saturated carbocycles. The summed E-state index contributed by atoms with van der Waals surface area (Å²) in [5, 5.41) is 7.77. The lowest BCUT2D eigenvalue weighted by molar-refractivity contribution is 0.102. The van der Waals surface area contributed by atoms with Crippen molar-refractivity contribution < 1.29 is 9.32 Å². The van der Waals surface area contributed by atoms with Gasteiger partial charge in [0.2, 0.25) is 11.7 Å². The molecule has 0 saturated heterocycles. The van der Waals surface area contributed by atoms with Gasteiger partial charge in [0.25, 0.3) is 5.91 Å². The van der Waals surface area contributed by atoms with E-state index in [1.54, 1.807) is 48.7 Å². The first kappa shape index (κ1) is 19.1. The zero-order valence-electron chi connectivity index (χ0n) is 16.8. The molecule has 5 rings (SSSR count). The average molecular weight is 427 g/mol. The molecule has 7 nitrogen and oxygen atoms in total. The summed E-state index contributed by atoms with van der Waals surface area (Å²) in [7, 11) is 0. The maximum Gasteiger partial charge on any atom is 0.255 e. The zero-order chi connectivity index (χ0) is 21.4. The molecule has 3 heterocycles. The van der Waals surface area contributed by atoms with Gasteiger partial charge in [-0.1, -0.05) is 28.6 Å². The minimum Gasteiger partial charge on any atom is -0.339 e. The first-order valence-corrected chi connectivity index (χ1v) is 10.4. The lowest BCUT2D eigenvalue weighted by Crippen LogP contribution is -2.12. The number of fused-ring (bicyclic) bond motifs is 1. The molecule has 152 valence electrons. The second kappa shape index (κ2) is 7.73. The van der Waals surface area contributed by atoms with Crippen molar-refractivity contribution in [2.75, 3.05) is 5.32 Å². The molecule has 0 aliphatic carbocycles. The fourth-order valence-electron chi connectivity index (χ4n) is 3.21. The number of pyridine rings is 1. The second-order valence-electron chi connectivity index (χ2n) is 7.04.